The highest BCUT2D eigenvalue weighted by Gasteiger charge is 2.15. The monoisotopic (exact) mass is 265 g/mol. The molecule has 0 aliphatic rings. The number of hydrogen-bond acceptors (Lipinski definition) is 5. The van der Waals surface area contributed by atoms with Crippen LogP contribution in [0.2, 0.25) is 0 Å². The van der Waals surface area contributed by atoms with Gasteiger partial charge in [0.15, 0.2) is 0 Å². The fourth-order valence-corrected chi connectivity index (χ4v) is 1.57. The van der Waals surface area contributed by atoms with E-state index in [0.29, 0.717) is 17.8 Å². The van der Waals surface area contributed by atoms with Gasteiger partial charge in [-0.25, -0.2) is 4.68 Å². The van der Waals surface area contributed by atoms with E-state index >= 15 is 0 Å². The molecule has 2 aromatic rings. The van der Waals surface area contributed by atoms with E-state index in [1.54, 1.807) is 6.20 Å². The van der Waals surface area contributed by atoms with Gasteiger partial charge in [-0.05, 0) is 12.5 Å². The van der Waals surface area contributed by atoms with E-state index in [-0.39, 0.29) is 6.04 Å². The summed E-state index contributed by atoms with van der Waals surface area (Å²) in [5.74, 6) is -0.917. The highest BCUT2D eigenvalue weighted by atomic mass is 19.1. The minimum absolute atomic E-state index is 0.239. The number of halogens is 1. The SMILES string of the molecule is CCC(N)c1cn(-c2ccc([N+](=O)[O-])c(F)c2)nn1. The Morgan fingerprint density at radius 2 is 2.32 bits per heavy atom. The first-order valence-electron chi connectivity index (χ1n) is 5.65. The second kappa shape index (κ2) is 5.11. The Morgan fingerprint density at radius 1 is 1.58 bits per heavy atom. The average molecular weight is 265 g/mol. The van der Waals surface area contributed by atoms with Gasteiger partial charge in [0.25, 0.3) is 0 Å². The van der Waals surface area contributed by atoms with Crippen LogP contribution < -0.4 is 5.73 Å². The van der Waals surface area contributed by atoms with Crippen LogP contribution >= 0.6 is 0 Å². The molecule has 0 aliphatic heterocycles. The largest absolute Gasteiger partial charge is 0.323 e. The Bertz CT molecular complexity index is 613. The third kappa shape index (κ3) is 2.58. The summed E-state index contributed by atoms with van der Waals surface area (Å²) in [5.41, 5.74) is 6.16. The molecule has 0 saturated heterocycles. The molecule has 7 nitrogen and oxygen atoms in total. The molecule has 8 heteroatoms. The zero-order valence-corrected chi connectivity index (χ0v) is 10.2. The number of aromatic nitrogens is 3. The summed E-state index contributed by atoms with van der Waals surface area (Å²) in [7, 11) is 0. The Hall–Kier alpha value is -2.35. The third-order valence-electron chi connectivity index (χ3n) is 2.72. The van der Waals surface area contributed by atoms with E-state index < -0.39 is 16.4 Å². The lowest BCUT2D eigenvalue weighted by Gasteiger charge is -2.02. The first-order chi connectivity index (χ1) is 9.02. The topological polar surface area (TPSA) is 99.9 Å². The van der Waals surface area contributed by atoms with Gasteiger partial charge in [0, 0.05) is 12.1 Å². The zero-order valence-electron chi connectivity index (χ0n) is 10.2. The minimum Gasteiger partial charge on any atom is -0.323 e. The van der Waals surface area contributed by atoms with E-state index in [9.17, 15) is 14.5 Å². The molecule has 0 bridgehead atoms. The number of nitrogens with zero attached hydrogens (tertiary/aromatic N) is 4. The fraction of sp³-hybridized carbons (Fsp3) is 0.273. The van der Waals surface area contributed by atoms with E-state index in [1.165, 1.54) is 10.7 Å². The lowest BCUT2D eigenvalue weighted by molar-refractivity contribution is -0.387. The van der Waals surface area contributed by atoms with Gasteiger partial charge in [-0.2, -0.15) is 4.39 Å². The smallest absolute Gasteiger partial charge is 0.304 e. The van der Waals surface area contributed by atoms with Crippen LogP contribution in [0.1, 0.15) is 25.1 Å². The molecule has 1 aromatic heterocycles. The van der Waals surface area contributed by atoms with E-state index in [1.807, 2.05) is 6.92 Å². The average Bonchev–Trinajstić information content (AvgIpc) is 2.86. The molecule has 0 spiro atoms. The van der Waals surface area contributed by atoms with Crippen molar-refractivity contribution in [2.24, 2.45) is 5.73 Å². The van der Waals surface area contributed by atoms with Crippen molar-refractivity contribution in [3.63, 3.8) is 0 Å². The summed E-state index contributed by atoms with van der Waals surface area (Å²) in [4.78, 5) is 9.74. The Morgan fingerprint density at radius 3 is 2.89 bits per heavy atom. The molecule has 0 aliphatic carbocycles. The minimum atomic E-state index is -0.917. The van der Waals surface area contributed by atoms with Crippen LogP contribution in [0.15, 0.2) is 24.4 Å². The quantitative estimate of drug-likeness (QED) is 0.670. The highest BCUT2D eigenvalue weighted by molar-refractivity contribution is 5.41. The first-order valence-corrected chi connectivity index (χ1v) is 5.65. The number of hydrogen-bond donors (Lipinski definition) is 1. The van der Waals surface area contributed by atoms with Gasteiger partial charge in [0.1, 0.15) is 0 Å². The molecule has 2 rings (SSSR count). The van der Waals surface area contributed by atoms with Crippen molar-refractivity contribution in [2.45, 2.75) is 19.4 Å². The molecule has 19 heavy (non-hydrogen) atoms. The number of nitro groups is 1. The number of rotatable bonds is 4. The maximum atomic E-state index is 13.5. The normalized spacial score (nSPS) is 12.4. The molecule has 0 saturated carbocycles. The first kappa shape index (κ1) is 13.1. The predicted octanol–water partition coefficient (Wildman–Crippen LogP) is 1.72. The number of benzene rings is 1. The van der Waals surface area contributed by atoms with E-state index in [4.69, 9.17) is 5.73 Å². The molecule has 0 fully saturated rings. The summed E-state index contributed by atoms with van der Waals surface area (Å²) in [6.07, 6.45) is 2.28. The summed E-state index contributed by atoms with van der Waals surface area (Å²) in [5, 5.41) is 18.2. The van der Waals surface area contributed by atoms with Gasteiger partial charge in [0.05, 0.1) is 28.5 Å². The summed E-state index contributed by atoms with van der Waals surface area (Å²) < 4.78 is 14.8. The van der Waals surface area contributed by atoms with Crippen LogP contribution in [0.25, 0.3) is 5.69 Å². The zero-order chi connectivity index (χ0) is 14.0. The molecule has 2 N–H and O–H groups in total. The summed E-state index contributed by atoms with van der Waals surface area (Å²) >= 11 is 0. The standard InChI is InChI=1S/C11H12FN5O2/c1-2-9(13)10-6-16(15-14-10)7-3-4-11(17(18)19)8(12)5-7/h3-6,9H,2,13H2,1H3. The molecule has 0 amide bonds. The van der Waals surface area contributed by atoms with Gasteiger partial charge >= 0.3 is 5.69 Å². The summed E-state index contributed by atoms with van der Waals surface area (Å²) in [6, 6.07) is 3.29. The predicted molar refractivity (Wildman–Crippen MR) is 65.2 cm³/mol. The van der Waals surface area contributed by atoms with Gasteiger partial charge in [-0.15, -0.1) is 5.10 Å². The van der Waals surface area contributed by atoms with Crippen molar-refractivity contribution in [3.8, 4) is 5.69 Å². The fourth-order valence-electron chi connectivity index (χ4n) is 1.57. The van der Waals surface area contributed by atoms with Crippen LogP contribution in [0, 0.1) is 15.9 Å². The molecule has 1 aromatic carbocycles. The Balaban J connectivity index is 2.35. The molecule has 1 unspecified atom stereocenters. The Labute approximate surface area is 108 Å². The van der Waals surface area contributed by atoms with Crippen molar-refractivity contribution in [1.29, 1.82) is 0 Å². The van der Waals surface area contributed by atoms with Crippen molar-refractivity contribution in [3.05, 3.63) is 46.0 Å². The van der Waals surface area contributed by atoms with Crippen LogP contribution in [-0.2, 0) is 0 Å². The van der Waals surface area contributed by atoms with E-state index in [0.717, 1.165) is 12.1 Å². The van der Waals surface area contributed by atoms with Crippen molar-refractivity contribution < 1.29 is 9.31 Å². The lowest BCUT2D eigenvalue weighted by atomic mass is 10.2. The number of nitrogens with two attached hydrogens (primary N) is 1. The van der Waals surface area contributed by atoms with E-state index in [2.05, 4.69) is 10.3 Å². The van der Waals surface area contributed by atoms with Crippen molar-refractivity contribution >= 4 is 5.69 Å². The second-order valence-corrected chi connectivity index (χ2v) is 4.00. The lowest BCUT2D eigenvalue weighted by Crippen LogP contribution is -2.08. The molecular formula is C11H12FN5O2. The third-order valence-corrected chi connectivity index (χ3v) is 2.72. The van der Waals surface area contributed by atoms with Crippen LogP contribution in [0.4, 0.5) is 10.1 Å². The van der Waals surface area contributed by atoms with Crippen molar-refractivity contribution in [2.75, 3.05) is 0 Å². The van der Waals surface area contributed by atoms with Gasteiger partial charge < -0.3 is 5.73 Å². The maximum Gasteiger partial charge on any atom is 0.304 e. The molecule has 1 atom stereocenters. The van der Waals surface area contributed by atoms with Gasteiger partial charge in [-0.3, -0.25) is 10.1 Å². The van der Waals surface area contributed by atoms with Gasteiger partial charge in [0.2, 0.25) is 5.82 Å². The summed E-state index contributed by atoms with van der Waals surface area (Å²) in [6.45, 7) is 1.91. The number of nitro benzene ring substituents is 1. The second-order valence-electron chi connectivity index (χ2n) is 4.00. The van der Waals surface area contributed by atoms with Gasteiger partial charge in [-0.1, -0.05) is 12.1 Å². The maximum absolute atomic E-state index is 13.5. The van der Waals surface area contributed by atoms with Crippen LogP contribution in [-0.4, -0.2) is 19.9 Å². The van der Waals surface area contributed by atoms with Crippen LogP contribution in [0.3, 0.4) is 0 Å². The Kier molecular flexibility index (Phi) is 3.52. The van der Waals surface area contributed by atoms with Crippen LogP contribution in [0.5, 0.6) is 0 Å². The molecule has 100 valence electrons. The molecule has 1 heterocycles. The molecule has 0 radical (unpaired) electrons. The highest BCUT2D eigenvalue weighted by Crippen LogP contribution is 2.20. The van der Waals surface area contributed by atoms with Crippen molar-refractivity contribution in [1.82, 2.24) is 15.0 Å². The molecular weight excluding hydrogens is 253 g/mol.